The second kappa shape index (κ2) is 6.98. The highest BCUT2D eigenvalue weighted by atomic mass is 79.9. The lowest BCUT2D eigenvalue weighted by atomic mass is 10.2. The summed E-state index contributed by atoms with van der Waals surface area (Å²) in [6, 6.07) is 3.61. The van der Waals surface area contributed by atoms with Crippen LogP contribution < -0.4 is 5.32 Å². The third kappa shape index (κ3) is 4.26. The SMILES string of the molecule is CC(CN1CCOCC1)NC(=O)c1cccnc1Br. The van der Waals surface area contributed by atoms with Crippen LogP contribution in [0.15, 0.2) is 22.9 Å². The van der Waals surface area contributed by atoms with Crippen LogP contribution in [0.2, 0.25) is 0 Å². The maximum absolute atomic E-state index is 12.1. The van der Waals surface area contributed by atoms with Crippen LogP contribution in [-0.2, 0) is 4.74 Å². The Hall–Kier alpha value is -0.980. The minimum atomic E-state index is -0.0965. The molecule has 0 aromatic carbocycles. The van der Waals surface area contributed by atoms with Crippen molar-refractivity contribution in [2.45, 2.75) is 13.0 Å². The number of hydrogen-bond acceptors (Lipinski definition) is 4. The van der Waals surface area contributed by atoms with Crippen LogP contribution in [-0.4, -0.2) is 54.7 Å². The van der Waals surface area contributed by atoms with Crippen LogP contribution in [0, 0.1) is 0 Å². The van der Waals surface area contributed by atoms with E-state index in [1.54, 1.807) is 18.3 Å². The minimum absolute atomic E-state index is 0.0951. The summed E-state index contributed by atoms with van der Waals surface area (Å²) in [6.07, 6.45) is 1.65. The van der Waals surface area contributed by atoms with Gasteiger partial charge in [0.2, 0.25) is 0 Å². The molecule has 1 unspecified atom stereocenters. The maximum Gasteiger partial charge on any atom is 0.254 e. The summed E-state index contributed by atoms with van der Waals surface area (Å²) < 4.78 is 5.88. The van der Waals surface area contributed by atoms with E-state index in [4.69, 9.17) is 4.74 Å². The van der Waals surface area contributed by atoms with Gasteiger partial charge in [0, 0.05) is 31.9 Å². The molecule has 1 aromatic heterocycles. The second-order valence-corrected chi connectivity index (χ2v) is 5.38. The van der Waals surface area contributed by atoms with Gasteiger partial charge >= 0.3 is 0 Å². The Balaban J connectivity index is 1.86. The largest absolute Gasteiger partial charge is 0.379 e. The van der Waals surface area contributed by atoms with E-state index in [2.05, 4.69) is 31.1 Å². The molecule has 0 bridgehead atoms. The number of hydrogen-bond donors (Lipinski definition) is 1. The Labute approximate surface area is 121 Å². The van der Waals surface area contributed by atoms with Crippen molar-refractivity contribution < 1.29 is 9.53 Å². The summed E-state index contributed by atoms with van der Waals surface area (Å²) in [7, 11) is 0. The highest BCUT2D eigenvalue weighted by Crippen LogP contribution is 2.12. The highest BCUT2D eigenvalue weighted by molar-refractivity contribution is 9.10. The van der Waals surface area contributed by atoms with Gasteiger partial charge in [0.1, 0.15) is 4.60 Å². The van der Waals surface area contributed by atoms with Crippen LogP contribution in [0.4, 0.5) is 0 Å². The van der Waals surface area contributed by atoms with Gasteiger partial charge in [-0.25, -0.2) is 4.98 Å². The smallest absolute Gasteiger partial charge is 0.254 e. The lowest BCUT2D eigenvalue weighted by Crippen LogP contribution is -2.46. The number of morpholine rings is 1. The van der Waals surface area contributed by atoms with Crippen LogP contribution in [0.5, 0.6) is 0 Å². The van der Waals surface area contributed by atoms with Crippen LogP contribution in [0.3, 0.4) is 0 Å². The molecule has 1 aliphatic rings. The molecular weight excluding hydrogens is 310 g/mol. The number of carbonyl (C=O) groups is 1. The first-order valence-electron chi connectivity index (χ1n) is 6.38. The molecule has 1 fully saturated rings. The maximum atomic E-state index is 12.1. The first-order valence-corrected chi connectivity index (χ1v) is 7.17. The van der Waals surface area contributed by atoms with Gasteiger partial charge in [0.25, 0.3) is 5.91 Å². The van der Waals surface area contributed by atoms with Crippen LogP contribution in [0.25, 0.3) is 0 Å². The topological polar surface area (TPSA) is 54.5 Å². The molecule has 1 aromatic rings. The zero-order valence-corrected chi connectivity index (χ0v) is 12.5. The fraction of sp³-hybridized carbons (Fsp3) is 0.538. The Kier molecular flexibility index (Phi) is 5.30. The second-order valence-electron chi connectivity index (χ2n) is 4.63. The number of amides is 1. The Bertz CT molecular complexity index is 436. The molecule has 1 saturated heterocycles. The van der Waals surface area contributed by atoms with E-state index in [9.17, 15) is 4.79 Å². The normalized spacial score (nSPS) is 18.0. The Morgan fingerprint density at radius 3 is 3.00 bits per heavy atom. The minimum Gasteiger partial charge on any atom is -0.379 e. The molecule has 0 saturated carbocycles. The predicted octanol–water partition coefficient (Wildman–Crippen LogP) is 1.29. The van der Waals surface area contributed by atoms with Crippen molar-refractivity contribution >= 4 is 21.8 Å². The van der Waals surface area contributed by atoms with Gasteiger partial charge in [-0.3, -0.25) is 9.69 Å². The molecule has 0 radical (unpaired) electrons. The van der Waals surface area contributed by atoms with E-state index in [0.717, 1.165) is 32.8 Å². The number of pyridine rings is 1. The third-order valence-corrected chi connectivity index (χ3v) is 3.65. The summed E-state index contributed by atoms with van der Waals surface area (Å²) in [6.45, 7) is 6.25. The van der Waals surface area contributed by atoms with Crippen molar-refractivity contribution in [3.05, 3.63) is 28.5 Å². The fourth-order valence-electron chi connectivity index (χ4n) is 2.07. The van der Waals surface area contributed by atoms with Gasteiger partial charge in [0.15, 0.2) is 0 Å². The number of aromatic nitrogens is 1. The predicted molar refractivity (Wildman–Crippen MR) is 76.1 cm³/mol. The summed E-state index contributed by atoms with van der Waals surface area (Å²) in [5.41, 5.74) is 0.566. The van der Waals surface area contributed by atoms with Gasteiger partial charge < -0.3 is 10.1 Å². The van der Waals surface area contributed by atoms with E-state index >= 15 is 0 Å². The van der Waals surface area contributed by atoms with Crippen LogP contribution in [0.1, 0.15) is 17.3 Å². The van der Waals surface area contributed by atoms with Crippen molar-refractivity contribution in [1.82, 2.24) is 15.2 Å². The molecule has 19 heavy (non-hydrogen) atoms. The molecule has 0 spiro atoms. The summed E-state index contributed by atoms with van der Waals surface area (Å²) in [4.78, 5) is 18.4. The molecule has 1 N–H and O–H groups in total. The van der Waals surface area contributed by atoms with Crippen molar-refractivity contribution in [3.8, 4) is 0 Å². The molecule has 6 heteroatoms. The molecule has 104 valence electrons. The molecule has 0 aliphatic carbocycles. The monoisotopic (exact) mass is 327 g/mol. The summed E-state index contributed by atoms with van der Waals surface area (Å²) in [5.74, 6) is -0.0965. The number of ether oxygens (including phenoxy) is 1. The number of rotatable bonds is 4. The molecule has 1 atom stereocenters. The van der Waals surface area contributed by atoms with Gasteiger partial charge in [-0.2, -0.15) is 0 Å². The zero-order chi connectivity index (χ0) is 13.7. The lowest BCUT2D eigenvalue weighted by molar-refractivity contribution is 0.0342. The fourth-order valence-corrected chi connectivity index (χ4v) is 2.50. The summed E-state index contributed by atoms with van der Waals surface area (Å²) in [5, 5.41) is 2.99. The zero-order valence-electron chi connectivity index (χ0n) is 10.9. The lowest BCUT2D eigenvalue weighted by Gasteiger charge is -2.29. The number of carbonyl (C=O) groups excluding carboxylic acids is 1. The van der Waals surface area contributed by atoms with E-state index in [-0.39, 0.29) is 11.9 Å². The van der Waals surface area contributed by atoms with Crippen molar-refractivity contribution in [3.63, 3.8) is 0 Å². The summed E-state index contributed by atoms with van der Waals surface area (Å²) >= 11 is 3.29. The number of nitrogens with one attached hydrogen (secondary N) is 1. The van der Waals surface area contributed by atoms with Crippen molar-refractivity contribution in [2.24, 2.45) is 0 Å². The molecule has 1 amide bonds. The molecular formula is C13H18BrN3O2. The van der Waals surface area contributed by atoms with E-state index in [1.807, 2.05) is 6.92 Å². The van der Waals surface area contributed by atoms with Gasteiger partial charge in [-0.05, 0) is 35.0 Å². The molecule has 2 heterocycles. The van der Waals surface area contributed by atoms with Crippen molar-refractivity contribution in [2.75, 3.05) is 32.8 Å². The number of halogens is 1. The average molecular weight is 328 g/mol. The first kappa shape index (κ1) is 14.4. The molecule has 5 nitrogen and oxygen atoms in total. The van der Waals surface area contributed by atoms with Crippen LogP contribution >= 0.6 is 15.9 Å². The van der Waals surface area contributed by atoms with Gasteiger partial charge in [0.05, 0.1) is 18.8 Å². The Morgan fingerprint density at radius 2 is 2.32 bits per heavy atom. The van der Waals surface area contributed by atoms with Gasteiger partial charge in [-0.15, -0.1) is 0 Å². The first-order chi connectivity index (χ1) is 9.16. The average Bonchev–Trinajstić information content (AvgIpc) is 2.40. The van der Waals surface area contributed by atoms with E-state index in [0.29, 0.717) is 10.2 Å². The Morgan fingerprint density at radius 1 is 1.58 bits per heavy atom. The number of nitrogens with zero attached hydrogens (tertiary/aromatic N) is 2. The van der Waals surface area contributed by atoms with Crippen molar-refractivity contribution in [1.29, 1.82) is 0 Å². The molecule has 2 rings (SSSR count). The highest BCUT2D eigenvalue weighted by Gasteiger charge is 2.17. The van der Waals surface area contributed by atoms with E-state index < -0.39 is 0 Å². The molecule has 1 aliphatic heterocycles. The van der Waals surface area contributed by atoms with E-state index in [1.165, 1.54) is 0 Å². The standard InChI is InChI=1S/C13H18BrN3O2/c1-10(9-17-5-7-19-8-6-17)16-13(18)11-3-2-4-15-12(11)14/h2-4,10H,5-9H2,1H3,(H,16,18). The quantitative estimate of drug-likeness (QED) is 0.847. The van der Waals surface area contributed by atoms with Gasteiger partial charge in [-0.1, -0.05) is 0 Å². The third-order valence-electron chi connectivity index (χ3n) is 3.02.